The number of aliphatic hydroxyl groups excluding tert-OH is 1. The number of β-amino-alcohol motifs (C(OH)–C–C–N with tert-alkyl or cyclic N) is 1. The van der Waals surface area contributed by atoms with Crippen molar-refractivity contribution in [2.75, 3.05) is 11.9 Å². The number of carbonyl (C=O) groups excluding carboxylic acids is 2. The summed E-state index contributed by atoms with van der Waals surface area (Å²) >= 11 is 5.98. The molecule has 0 radical (unpaired) electrons. The number of nitrogens with one attached hydrogen (secondary N) is 1. The molecule has 2 amide bonds. The van der Waals surface area contributed by atoms with Crippen molar-refractivity contribution in [1.29, 1.82) is 0 Å². The second-order valence-electron chi connectivity index (χ2n) is 6.19. The standard InChI is InChI=1S/C19H19ClN2O4/c1-12-7-8-13(20)9-16(12)21-18(24)17-10-14(23)11-22(17)19(25)26-15-5-3-2-4-6-15/h2-9,14,17,23H,10-11H2,1H3,(H,21,24)/t14-,17+/m1/s1. The maximum absolute atomic E-state index is 12.7. The van der Waals surface area contributed by atoms with Crippen LogP contribution in [0.15, 0.2) is 48.5 Å². The highest BCUT2D eigenvalue weighted by Crippen LogP contribution is 2.24. The van der Waals surface area contributed by atoms with Crippen LogP contribution in [0.1, 0.15) is 12.0 Å². The highest BCUT2D eigenvalue weighted by molar-refractivity contribution is 6.31. The lowest BCUT2D eigenvalue weighted by Gasteiger charge is -2.23. The molecule has 0 aromatic heterocycles. The van der Waals surface area contributed by atoms with Gasteiger partial charge in [0, 0.05) is 17.1 Å². The van der Waals surface area contributed by atoms with Crippen LogP contribution in [0.25, 0.3) is 0 Å². The second kappa shape index (κ2) is 7.76. The molecule has 1 aliphatic heterocycles. The van der Waals surface area contributed by atoms with Gasteiger partial charge in [-0.15, -0.1) is 0 Å². The molecule has 0 saturated carbocycles. The van der Waals surface area contributed by atoms with Gasteiger partial charge in [-0.2, -0.15) is 0 Å². The van der Waals surface area contributed by atoms with E-state index >= 15 is 0 Å². The number of aryl methyl sites for hydroxylation is 1. The summed E-state index contributed by atoms with van der Waals surface area (Å²) in [7, 11) is 0. The number of hydrogen-bond acceptors (Lipinski definition) is 4. The van der Waals surface area contributed by atoms with E-state index in [-0.39, 0.29) is 13.0 Å². The van der Waals surface area contributed by atoms with Crippen LogP contribution in [-0.4, -0.2) is 40.7 Å². The van der Waals surface area contributed by atoms with Crippen LogP contribution in [0.4, 0.5) is 10.5 Å². The van der Waals surface area contributed by atoms with E-state index in [1.54, 1.807) is 48.5 Å². The fourth-order valence-electron chi connectivity index (χ4n) is 2.86. The Labute approximate surface area is 156 Å². The number of likely N-dealkylation sites (tertiary alicyclic amines) is 1. The number of rotatable bonds is 3. The first-order valence-corrected chi connectivity index (χ1v) is 8.60. The monoisotopic (exact) mass is 374 g/mol. The lowest BCUT2D eigenvalue weighted by molar-refractivity contribution is -0.119. The first-order chi connectivity index (χ1) is 12.4. The number of nitrogens with zero attached hydrogens (tertiary/aromatic N) is 1. The zero-order chi connectivity index (χ0) is 18.7. The minimum absolute atomic E-state index is 0.0400. The van der Waals surface area contributed by atoms with Gasteiger partial charge in [-0.3, -0.25) is 9.69 Å². The number of aliphatic hydroxyl groups is 1. The molecule has 1 fully saturated rings. The first kappa shape index (κ1) is 18.2. The summed E-state index contributed by atoms with van der Waals surface area (Å²) < 4.78 is 5.29. The number of carbonyl (C=O) groups is 2. The van der Waals surface area contributed by atoms with Crippen LogP contribution in [0.2, 0.25) is 5.02 Å². The lowest BCUT2D eigenvalue weighted by Crippen LogP contribution is -2.44. The Morgan fingerprint density at radius 1 is 1.23 bits per heavy atom. The summed E-state index contributed by atoms with van der Waals surface area (Å²) in [6.07, 6.45) is -1.31. The molecule has 26 heavy (non-hydrogen) atoms. The number of amides is 2. The second-order valence-corrected chi connectivity index (χ2v) is 6.62. The van der Waals surface area contributed by atoms with E-state index in [1.807, 2.05) is 6.92 Å². The molecule has 136 valence electrons. The van der Waals surface area contributed by atoms with Crippen molar-refractivity contribution in [3.63, 3.8) is 0 Å². The van der Waals surface area contributed by atoms with E-state index in [2.05, 4.69) is 5.32 Å². The highest BCUT2D eigenvalue weighted by atomic mass is 35.5. The molecule has 1 saturated heterocycles. The number of anilines is 1. The Kier molecular flexibility index (Phi) is 5.44. The van der Waals surface area contributed by atoms with Crippen molar-refractivity contribution in [2.24, 2.45) is 0 Å². The Hall–Kier alpha value is -2.57. The number of hydrogen-bond donors (Lipinski definition) is 2. The minimum atomic E-state index is -0.820. The SMILES string of the molecule is Cc1ccc(Cl)cc1NC(=O)[C@@H]1C[C@@H](O)CN1C(=O)Oc1ccccc1. The quantitative estimate of drug-likeness (QED) is 0.864. The van der Waals surface area contributed by atoms with Gasteiger partial charge in [0.25, 0.3) is 0 Å². The average molecular weight is 375 g/mol. The third-order valence-corrected chi connectivity index (χ3v) is 4.46. The summed E-state index contributed by atoms with van der Waals surface area (Å²) in [5.74, 6) is -0.0133. The minimum Gasteiger partial charge on any atom is -0.410 e. The third kappa shape index (κ3) is 4.15. The number of para-hydroxylation sites is 1. The number of ether oxygens (including phenoxy) is 1. The Morgan fingerprint density at radius 3 is 2.69 bits per heavy atom. The average Bonchev–Trinajstić information content (AvgIpc) is 3.01. The summed E-state index contributed by atoms with van der Waals surface area (Å²) in [6.45, 7) is 1.88. The largest absolute Gasteiger partial charge is 0.416 e. The van der Waals surface area contributed by atoms with Crippen molar-refractivity contribution >= 4 is 29.3 Å². The molecule has 2 aromatic rings. The molecule has 2 aromatic carbocycles. The molecule has 1 aliphatic rings. The maximum Gasteiger partial charge on any atom is 0.416 e. The highest BCUT2D eigenvalue weighted by Gasteiger charge is 2.40. The van der Waals surface area contributed by atoms with E-state index in [9.17, 15) is 14.7 Å². The predicted molar refractivity (Wildman–Crippen MR) is 98.4 cm³/mol. The summed E-state index contributed by atoms with van der Waals surface area (Å²) in [5.41, 5.74) is 1.42. The number of halogens is 1. The van der Waals surface area contributed by atoms with Gasteiger partial charge in [0.1, 0.15) is 11.8 Å². The molecule has 2 atom stereocenters. The fourth-order valence-corrected chi connectivity index (χ4v) is 3.03. The van der Waals surface area contributed by atoms with Crippen molar-refractivity contribution in [2.45, 2.75) is 25.5 Å². The predicted octanol–water partition coefficient (Wildman–Crippen LogP) is 3.22. The molecule has 0 spiro atoms. The molecule has 0 unspecified atom stereocenters. The van der Waals surface area contributed by atoms with Crippen LogP contribution < -0.4 is 10.1 Å². The topological polar surface area (TPSA) is 78.9 Å². The van der Waals surface area contributed by atoms with Crippen molar-refractivity contribution < 1.29 is 19.4 Å². The fraction of sp³-hybridized carbons (Fsp3) is 0.263. The number of benzene rings is 2. The molecule has 6 nitrogen and oxygen atoms in total. The normalized spacial score (nSPS) is 19.3. The Bertz CT molecular complexity index is 812. The van der Waals surface area contributed by atoms with Gasteiger partial charge in [-0.05, 0) is 36.8 Å². The molecule has 1 heterocycles. The molecule has 2 N–H and O–H groups in total. The third-order valence-electron chi connectivity index (χ3n) is 4.22. The van der Waals surface area contributed by atoms with Crippen LogP contribution in [-0.2, 0) is 4.79 Å². The van der Waals surface area contributed by atoms with Crippen LogP contribution in [0.3, 0.4) is 0 Å². The van der Waals surface area contributed by atoms with Crippen molar-refractivity contribution in [3.8, 4) is 5.75 Å². The van der Waals surface area contributed by atoms with E-state index in [4.69, 9.17) is 16.3 Å². The van der Waals surface area contributed by atoms with Gasteiger partial charge in [0.15, 0.2) is 0 Å². The zero-order valence-electron chi connectivity index (χ0n) is 14.2. The van der Waals surface area contributed by atoms with E-state index < -0.39 is 24.1 Å². The molecular weight excluding hydrogens is 356 g/mol. The maximum atomic E-state index is 12.7. The van der Waals surface area contributed by atoms with Gasteiger partial charge in [0.2, 0.25) is 5.91 Å². The van der Waals surface area contributed by atoms with Crippen LogP contribution in [0.5, 0.6) is 5.75 Å². The molecular formula is C19H19ClN2O4. The molecule has 0 bridgehead atoms. The zero-order valence-corrected chi connectivity index (χ0v) is 14.9. The summed E-state index contributed by atoms with van der Waals surface area (Å²) in [5, 5.41) is 13.2. The van der Waals surface area contributed by atoms with Crippen LogP contribution in [0, 0.1) is 6.92 Å². The van der Waals surface area contributed by atoms with E-state index in [0.29, 0.717) is 16.5 Å². The van der Waals surface area contributed by atoms with Crippen LogP contribution >= 0.6 is 11.6 Å². The summed E-state index contributed by atoms with van der Waals surface area (Å²) in [4.78, 5) is 26.4. The first-order valence-electron chi connectivity index (χ1n) is 8.22. The summed E-state index contributed by atoms with van der Waals surface area (Å²) in [6, 6.07) is 12.9. The van der Waals surface area contributed by atoms with E-state index in [1.165, 1.54) is 4.90 Å². The Morgan fingerprint density at radius 2 is 1.96 bits per heavy atom. The molecule has 7 heteroatoms. The van der Waals surface area contributed by atoms with Crippen molar-refractivity contribution in [1.82, 2.24) is 4.90 Å². The van der Waals surface area contributed by atoms with Crippen molar-refractivity contribution in [3.05, 3.63) is 59.1 Å². The van der Waals surface area contributed by atoms with Gasteiger partial charge in [-0.25, -0.2) is 4.79 Å². The molecule has 0 aliphatic carbocycles. The smallest absolute Gasteiger partial charge is 0.410 e. The van der Waals surface area contributed by atoms with Gasteiger partial charge in [-0.1, -0.05) is 35.9 Å². The van der Waals surface area contributed by atoms with E-state index in [0.717, 1.165) is 5.56 Å². The van der Waals surface area contributed by atoms with Gasteiger partial charge >= 0.3 is 6.09 Å². The van der Waals surface area contributed by atoms with Gasteiger partial charge < -0.3 is 15.2 Å². The lowest BCUT2D eigenvalue weighted by atomic mass is 10.1. The van der Waals surface area contributed by atoms with Gasteiger partial charge in [0.05, 0.1) is 12.6 Å². The Balaban J connectivity index is 1.73. The molecule has 3 rings (SSSR count).